The van der Waals surface area contributed by atoms with Crippen LogP contribution in [0.4, 0.5) is 22.0 Å². The Balaban J connectivity index is 3.14. The molecule has 18 heavy (non-hydrogen) atoms. The Morgan fingerprint density at radius 1 is 1.22 bits per heavy atom. The van der Waals surface area contributed by atoms with Crippen molar-refractivity contribution in [1.29, 1.82) is 0 Å². The zero-order valence-corrected chi connectivity index (χ0v) is 9.71. The van der Waals surface area contributed by atoms with Gasteiger partial charge in [-0.25, -0.2) is 0 Å². The van der Waals surface area contributed by atoms with Crippen molar-refractivity contribution in [3.05, 3.63) is 23.2 Å². The van der Waals surface area contributed by atoms with Crippen LogP contribution in [0.25, 0.3) is 0 Å². The van der Waals surface area contributed by atoms with Crippen molar-refractivity contribution in [2.75, 3.05) is 0 Å². The van der Waals surface area contributed by atoms with Crippen molar-refractivity contribution >= 4 is 22.7 Å². The normalized spacial score (nSPS) is 14.4. The zero-order valence-electron chi connectivity index (χ0n) is 8.13. The summed E-state index contributed by atoms with van der Waals surface area (Å²) in [6.45, 7) is 0. The maximum absolute atomic E-state index is 12.6. The van der Waals surface area contributed by atoms with Gasteiger partial charge in [0.15, 0.2) is 0 Å². The summed E-state index contributed by atoms with van der Waals surface area (Å²) in [6, 6.07) is 2.53. The Labute approximate surface area is 105 Å². The van der Waals surface area contributed by atoms with Crippen LogP contribution in [-0.4, -0.2) is 21.0 Å². The lowest BCUT2D eigenvalue weighted by Gasteiger charge is -2.21. The Morgan fingerprint density at radius 2 is 1.78 bits per heavy atom. The largest absolute Gasteiger partial charge is 0.768 e. The van der Waals surface area contributed by atoms with Crippen LogP contribution in [0, 0.1) is 0 Å². The quantitative estimate of drug-likeness (QED) is 0.637. The van der Waals surface area contributed by atoms with Crippen LogP contribution in [0.1, 0.15) is 0 Å². The van der Waals surface area contributed by atoms with E-state index < -0.39 is 39.0 Å². The second-order valence-electron chi connectivity index (χ2n) is 2.92. The molecule has 0 amide bonds. The number of halogens is 6. The van der Waals surface area contributed by atoms with Crippen LogP contribution in [0.15, 0.2) is 23.1 Å². The maximum Gasteiger partial charge on any atom is 0.499 e. The Kier molecular flexibility index (Phi) is 4.19. The monoisotopic (exact) mass is 309 g/mol. The van der Waals surface area contributed by atoms with Crippen molar-refractivity contribution in [3.8, 4) is 5.75 Å². The summed E-state index contributed by atoms with van der Waals surface area (Å²) in [5.41, 5.74) is 0. The molecule has 0 spiro atoms. The lowest BCUT2D eigenvalue weighted by molar-refractivity contribution is -0.360. The highest BCUT2D eigenvalue weighted by Gasteiger charge is 2.61. The van der Waals surface area contributed by atoms with E-state index in [2.05, 4.69) is 4.74 Å². The summed E-state index contributed by atoms with van der Waals surface area (Å²) in [4.78, 5) is -0.646. The van der Waals surface area contributed by atoms with Crippen LogP contribution < -0.4 is 4.74 Å². The minimum Gasteiger partial charge on any atom is -0.768 e. The molecule has 3 nitrogen and oxygen atoms in total. The van der Waals surface area contributed by atoms with Crippen LogP contribution in [0.5, 0.6) is 5.75 Å². The average Bonchev–Trinajstić information content (AvgIpc) is 2.18. The van der Waals surface area contributed by atoms with Gasteiger partial charge in [-0.15, -0.1) is 0 Å². The van der Waals surface area contributed by atoms with E-state index in [-0.39, 0.29) is 0 Å². The van der Waals surface area contributed by atoms with E-state index in [9.17, 15) is 30.7 Å². The minimum absolute atomic E-state index is 0.646. The highest BCUT2D eigenvalue weighted by Crippen LogP contribution is 2.40. The summed E-state index contributed by atoms with van der Waals surface area (Å²) >= 11 is 2.45. The van der Waals surface area contributed by atoms with Gasteiger partial charge in [-0.3, -0.25) is 4.21 Å². The van der Waals surface area contributed by atoms with Gasteiger partial charge in [-0.2, -0.15) is 22.0 Å². The first-order valence-electron chi connectivity index (χ1n) is 4.07. The van der Waals surface area contributed by atoms with Crippen LogP contribution in [0.3, 0.4) is 0 Å². The molecule has 1 rings (SSSR count). The van der Waals surface area contributed by atoms with Gasteiger partial charge in [0, 0.05) is 4.90 Å². The van der Waals surface area contributed by atoms with E-state index >= 15 is 0 Å². The van der Waals surface area contributed by atoms with E-state index in [1.165, 1.54) is 0 Å². The zero-order chi connectivity index (χ0) is 14.1. The highest BCUT2D eigenvalue weighted by atomic mass is 35.5. The van der Waals surface area contributed by atoms with Crippen molar-refractivity contribution < 1.29 is 35.5 Å². The second-order valence-corrected chi connectivity index (χ2v) is 4.21. The first-order chi connectivity index (χ1) is 8.06. The van der Waals surface area contributed by atoms with Crippen molar-refractivity contribution in [2.45, 2.75) is 17.2 Å². The van der Waals surface area contributed by atoms with Gasteiger partial charge in [-0.1, -0.05) is 17.7 Å². The van der Waals surface area contributed by atoms with E-state index in [1.54, 1.807) is 0 Å². The summed E-state index contributed by atoms with van der Waals surface area (Å²) in [5.74, 6) is -1.08. The fraction of sp³-hybridized carbons (Fsp3) is 0.250. The molecular formula is C8H3ClF5O3S-. The maximum atomic E-state index is 12.6. The number of alkyl halides is 5. The molecule has 10 heteroatoms. The molecule has 102 valence electrons. The number of rotatable bonds is 3. The molecule has 0 N–H and O–H groups in total. The minimum atomic E-state index is -5.94. The number of ether oxygens (including phenoxy) is 1. The molecule has 1 unspecified atom stereocenters. The van der Waals surface area contributed by atoms with Crippen LogP contribution in [0.2, 0.25) is 5.02 Å². The highest BCUT2D eigenvalue weighted by molar-refractivity contribution is 7.79. The SMILES string of the molecule is O=S([O-])c1cccc(OC(F)(F)C(F)(F)F)c1Cl. The summed E-state index contributed by atoms with van der Waals surface area (Å²) < 4.78 is 85.3. The molecule has 1 aromatic carbocycles. The van der Waals surface area contributed by atoms with Gasteiger partial charge >= 0.3 is 12.3 Å². The first-order valence-corrected chi connectivity index (χ1v) is 5.53. The fourth-order valence-corrected chi connectivity index (χ4v) is 1.68. The number of benzene rings is 1. The summed E-state index contributed by atoms with van der Waals surface area (Å²) in [7, 11) is 0. The molecule has 0 fully saturated rings. The van der Waals surface area contributed by atoms with Crippen molar-refractivity contribution in [1.82, 2.24) is 0 Å². The smallest absolute Gasteiger partial charge is 0.499 e. The predicted molar refractivity (Wildman–Crippen MR) is 50.3 cm³/mol. The van der Waals surface area contributed by atoms with E-state index in [0.717, 1.165) is 12.1 Å². The molecule has 0 aromatic heterocycles. The molecule has 1 aromatic rings. The Morgan fingerprint density at radius 3 is 2.22 bits per heavy atom. The fourth-order valence-electron chi connectivity index (χ4n) is 0.894. The third kappa shape index (κ3) is 3.09. The lowest BCUT2D eigenvalue weighted by Crippen LogP contribution is -2.41. The van der Waals surface area contributed by atoms with Crippen molar-refractivity contribution in [2.24, 2.45) is 0 Å². The summed E-state index contributed by atoms with van der Waals surface area (Å²) in [6.07, 6.45) is -11.4. The third-order valence-corrected chi connectivity index (χ3v) is 2.88. The molecule has 0 heterocycles. The summed E-state index contributed by atoms with van der Waals surface area (Å²) in [5, 5.41) is -0.852. The van der Waals surface area contributed by atoms with E-state index in [0.29, 0.717) is 6.07 Å². The molecule has 1 atom stereocenters. The first kappa shape index (κ1) is 15.1. The predicted octanol–water partition coefficient (Wildman–Crippen LogP) is 3.11. The lowest BCUT2D eigenvalue weighted by atomic mass is 10.3. The van der Waals surface area contributed by atoms with Gasteiger partial charge in [0.1, 0.15) is 5.75 Å². The molecule has 0 saturated carbocycles. The average molecular weight is 310 g/mol. The molecular weight excluding hydrogens is 307 g/mol. The third-order valence-electron chi connectivity index (χ3n) is 1.68. The second kappa shape index (κ2) is 4.98. The standard InChI is InChI=1S/C8H4ClF5O3S/c9-6-4(2-1-3-5(6)18(15)16)17-8(13,14)7(10,11)12/h1-3H,(H,15,16)/p-1. The van der Waals surface area contributed by atoms with Gasteiger partial charge in [0.05, 0.1) is 5.02 Å². The van der Waals surface area contributed by atoms with Gasteiger partial charge in [0.25, 0.3) is 0 Å². The molecule has 0 saturated heterocycles. The number of hydrogen-bond donors (Lipinski definition) is 0. The van der Waals surface area contributed by atoms with Crippen LogP contribution >= 0.6 is 11.6 Å². The Hall–Kier alpha value is -0.930. The molecule has 0 bridgehead atoms. The number of hydrogen-bond acceptors (Lipinski definition) is 3. The van der Waals surface area contributed by atoms with Gasteiger partial charge in [-0.05, 0) is 23.2 Å². The van der Waals surface area contributed by atoms with Crippen LogP contribution in [-0.2, 0) is 11.1 Å². The van der Waals surface area contributed by atoms with Crippen molar-refractivity contribution in [3.63, 3.8) is 0 Å². The van der Waals surface area contributed by atoms with Gasteiger partial charge < -0.3 is 9.29 Å². The topological polar surface area (TPSA) is 49.4 Å². The molecule has 0 radical (unpaired) electrons. The van der Waals surface area contributed by atoms with E-state index in [4.69, 9.17) is 11.6 Å². The Bertz CT molecular complexity index is 476. The molecule has 0 aliphatic rings. The molecule has 0 aliphatic heterocycles. The van der Waals surface area contributed by atoms with E-state index in [1.807, 2.05) is 0 Å². The van der Waals surface area contributed by atoms with Gasteiger partial charge in [0.2, 0.25) is 0 Å². The molecule has 0 aliphatic carbocycles.